The molecule has 0 radical (unpaired) electrons. The van der Waals surface area contributed by atoms with Crippen molar-refractivity contribution in [3.05, 3.63) is 27.8 Å². The standard InChI is InChI=1S/C12H17N3O2S/c1-4-9(16)8(3)12-14-10(15-17-12)5-11-13-7(2)6-18-11/h6,8-9,16H,4-5H2,1-3H3. The second kappa shape index (κ2) is 5.58. The van der Waals surface area contributed by atoms with E-state index in [0.717, 1.165) is 10.7 Å². The average Bonchev–Trinajstić information content (AvgIpc) is 2.97. The summed E-state index contributed by atoms with van der Waals surface area (Å²) in [5.74, 6) is 0.983. The number of rotatable bonds is 5. The molecule has 0 saturated carbocycles. The SMILES string of the molecule is CCC(O)C(C)c1nc(Cc2nc(C)cs2)no1. The van der Waals surface area contributed by atoms with Gasteiger partial charge in [-0.05, 0) is 13.3 Å². The smallest absolute Gasteiger partial charge is 0.232 e. The third kappa shape index (κ3) is 2.94. The van der Waals surface area contributed by atoms with E-state index in [-0.39, 0.29) is 5.92 Å². The predicted octanol–water partition coefficient (Wildman–Crippen LogP) is 2.30. The van der Waals surface area contributed by atoms with Crippen LogP contribution in [0.1, 0.15) is 48.6 Å². The average molecular weight is 267 g/mol. The van der Waals surface area contributed by atoms with Gasteiger partial charge in [-0.15, -0.1) is 11.3 Å². The van der Waals surface area contributed by atoms with Gasteiger partial charge in [0, 0.05) is 11.1 Å². The molecule has 0 spiro atoms. The minimum absolute atomic E-state index is 0.130. The Morgan fingerprint density at radius 3 is 2.83 bits per heavy atom. The van der Waals surface area contributed by atoms with Gasteiger partial charge in [0.25, 0.3) is 0 Å². The summed E-state index contributed by atoms with van der Waals surface area (Å²) < 4.78 is 5.18. The van der Waals surface area contributed by atoms with Crippen molar-refractivity contribution in [1.29, 1.82) is 0 Å². The van der Waals surface area contributed by atoms with Gasteiger partial charge in [0.1, 0.15) is 5.01 Å². The number of nitrogens with zero attached hydrogens (tertiary/aromatic N) is 3. The lowest BCUT2D eigenvalue weighted by molar-refractivity contribution is 0.129. The van der Waals surface area contributed by atoms with Crippen molar-refractivity contribution in [3.8, 4) is 0 Å². The van der Waals surface area contributed by atoms with Gasteiger partial charge in [0.15, 0.2) is 5.82 Å². The maximum Gasteiger partial charge on any atom is 0.232 e. The van der Waals surface area contributed by atoms with E-state index in [4.69, 9.17) is 4.52 Å². The van der Waals surface area contributed by atoms with E-state index in [1.165, 1.54) is 0 Å². The lowest BCUT2D eigenvalue weighted by Gasteiger charge is -2.11. The zero-order chi connectivity index (χ0) is 13.1. The zero-order valence-electron chi connectivity index (χ0n) is 10.8. The highest BCUT2D eigenvalue weighted by molar-refractivity contribution is 7.09. The van der Waals surface area contributed by atoms with Crippen LogP contribution >= 0.6 is 11.3 Å². The summed E-state index contributed by atoms with van der Waals surface area (Å²) in [5, 5.41) is 16.6. The Kier molecular flexibility index (Phi) is 4.08. The fourth-order valence-electron chi connectivity index (χ4n) is 1.66. The van der Waals surface area contributed by atoms with Crippen LogP contribution in [0.4, 0.5) is 0 Å². The molecule has 2 unspecified atom stereocenters. The quantitative estimate of drug-likeness (QED) is 0.900. The summed E-state index contributed by atoms with van der Waals surface area (Å²) in [7, 11) is 0. The summed E-state index contributed by atoms with van der Waals surface area (Å²) in [5.41, 5.74) is 1.01. The Balaban J connectivity index is 2.06. The molecule has 2 rings (SSSR count). The molecule has 0 aliphatic carbocycles. The third-order valence-electron chi connectivity index (χ3n) is 2.84. The molecule has 98 valence electrons. The number of hydrogen-bond donors (Lipinski definition) is 1. The molecule has 2 atom stereocenters. The first kappa shape index (κ1) is 13.2. The van der Waals surface area contributed by atoms with Crippen molar-refractivity contribution >= 4 is 11.3 Å². The van der Waals surface area contributed by atoms with E-state index in [9.17, 15) is 5.11 Å². The number of aromatic nitrogens is 3. The van der Waals surface area contributed by atoms with Crippen LogP contribution < -0.4 is 0 Å². The van der Waals surface area contributed by atoms with Gasteiger partial charge in [-0.3, -0.25) is 0 Å². The number of thiazole rings is 1. The van der Waals surface area contributed by atoms with E-state index in [2.05, 4.69) is 15.1 Å². The molecule has 0 aliphatic heterocycles. The summed E-state index contributed by atoms with van der Waals surface area (Å²) in [6.07, 6.45) is 0.807. The van der Waals surface area contributed by atoms with Crippen LogP contribution in [-0.4, -0.2) is 26.3 Å². The van der Waals surface area contributed by atoms with Crippen molar-refractivity contribution in [2.75, 3.05) is 0 Å². The molecule has 5 nitrogen and oxygen atoms in total. The third-order valence-corrected chi connectivity index (χ3v) is 3.81. The van der Waals surface area contributed by atoms with Crippen molar-refractivity contribution in [2.45, 2.75) is 45.6 Å². The highest BCUT2D eigenvalue weighted by Gasteiger charge is 2.21. The Bertz CT molecular complexity index is 509. The van der Waals surface area contributed by atoms with Crippen molar-refractivity contribution in [2.24, 2.45) is 0 Å². The molecule has 0 aromatic carbocycles. The lowest BCUT2D eigenvalue weighted by atomic mass is 10.0. The molecular formula is C12H17N3O2S. The van der Waals surface area contributed by atoms with Crippen molar-refractivity contribution in [3.63, 3.8) is 0 Å². The van der Waals surface area contributed by atoms with E-state index >= 15 is 0 Å². The van der Waals surface area contributed by atoms with Crippen LogP contribution in [0.5, 0.6) is 0 Å². The molecule has 0 aliphatic rings. The van der Waals surface area contributed by atoms with Crippen LogP contribution in [0.3, 0.4) is 0 Å². The molecule has 6 heteroatoms. The van der Waals surface area contributed by atoms with Gasteiger partial charge in [-0.25, -0.2) is 4.98 Å². The van der Waals surface area contributed by atoms with Crippen LogP contribution in [0.2, 0.25) is 0 Å². The summed E-state index contributed by atoms with van der Waals surface area (Å²) >= 11 is 1.59. The number of aliphatic hydroxyl groups excluding tert-OH is 1. The molecule has 0 fully saturated rings. The Hall–Kier alpha value is -1.27. The molecule has 1 N–H and O–H groups in total. The number of aliphatic hydroxyl groups is 1. The van der Waals surface area contributed by atoms with Gasteiger partial charge in [-0.1, -0.05) is 19.0 Å². The summed E-state index contributed by atoms with van der Waals surface area (Å²) in [6, 6.07) is 0. The van der Waals surface area contributed by atoms with E-state index in [1.54, 1.807) is 11.3 Å². The molecule has 2 aromatic rings. The second-order valence-electron chi connectivity index (χ2n) is 4.37. The summed E-state index contributed by atoms with van der Waals surface area (Å²) in [6.45, 7) is 5.77. The van der Waals surface area contributed by atoms with Crippen LogP contribution in [0.15, 0.2) is 9.90 Å². The van der Waals surface area contributed by atoms with E-state index in [1.807, 2.05) is 26.2 Å². The monoisotopic (exact) mass is 267 g/mol. The molecule has 2 aromatic heterocycles. The van der Waals surface area contributed by atoms with Gasteiger partial charge >= 0.3 is 0 Å². The van der Waals surface area contributed by atoms with Crippen molar-refractivity contribution < 1.29 is 9.63 Å². The minimum atomic E-state index is -0.444. The van der Waals surface area contributed by atoms with Gasteiger partial charge in [0.2, 0.25) is 5.89 Å². The number of aryl methyl sites for hydroxylation is 1. The summed E-state index contributed by atoms with van der Waals surface area (Å²) in [4.78, 5) is 8.67. The normalized spacial score (nSPS) is 14.7. The fourth-order valence-corrected chi connectivity index (χ4v) is 2.43. The molecular weight excluding hydrogens is 250 g/mol. The highest BCUT2D eigenvalue weighted by atomic mass is 32.1. The molecule has 0 saturated heterocycles. The van der Waals surface area contributed by atoms with Crippen LogP contribution in [0, 0.1) is 6.92 Å². The number of hydrogen-bond acceptors (Lipinski definition) is 6. The molecule has 0 bridgehead atoms. The van der Waals surface area contributed by atoms with E-state index in [0.29, 0.717) is 24.6 Å². The first-order valence-electron chi connectivity index (χ1n) is 6.01. The Morgan fingerprint density at radius 1 is 1.44 bits per heavy atom. The van der Waals surface area contributed by atoms with Crippen LogP contribution in [-0.2, 0) is 6.42 Å². The minimum Gasteiger partial charge on any atom is -0.392 e. The first-order chi connectivity index (χ1) is 8.60. The molecule has 0 amide bonds. The molecule has 18 heavy (non-hydrogen) atoms. The van der Waals surface area contributed by atoms with Crippen LogP contribution in [0.25, 0.3) is 0 Å². The first-order valence-corrected chi connectivity index (χ1v) is 6.89. The zero-order valence-corrected chi connectivity index (χ0v) is 11.6. The largest absolute Gasteiger partial charge is 0.392 e. The Labute approximate surface area is 110 Å². The lowest BCUT2D eigenvalue weighted by Crippen LogP contribution is -2.14. The highest BCUT2D eigenvalue weighted by Crippen LogP contribution is 2.20. The van der Waals surface area contributed by atoms with Gasteiger partial charge in [-0.2, -0.15) is 4.98 Å². The Morgan fingerprint density at radius 2 is 2.22 bits per heavy atom. The van der Waals surface area contributed by atoms with Gasteiger partial charge in [0.05, 0.1) is 18.4 Å². The fraction of sp³-hybridized carbons (Fsp3) is 0.583. The predicted molar refractivity (Wildman–Crippen MR) is 68.7 cm³/mol. The maximum atomic E-state index is 9.74. The second-order valence-corrected chi connectivity index (χ2v) is 5.32. The topological polar surface area (TPSA) is 72.0 Å². The van der Waals surface area contributed by atoms with E-state index < -0.39 is 6.10 Å². The van der Waals surface area contributed by atoms with Crippen molar-refractivity contribution in [1.82, 2.24) is 15.1 Å². The maximum absolute atomic E-state index is 9.74. The van der Waals surface area contributed by atoms with Gasteiger partial charge < -0.3 is 9.63 Å². The molecule has 2 heterocycles.